The summed E-state index contributed by atoms with van der Waals surface area (Å²) in [5.41, 5.74) is 1.84. The average Bonchev–Trinajstić information content (AvgIpc) is 3.02. The molecule has 0 aliphatic carbocycles. The summed E-state index contributed by atoms with van der Waals surface area (Å²) in [6.45, 7) is 3.49. The predicted octanol–water partition coefficient (Wildman–Crippen LogP) is 2.76. The number of rotatable bonds is 5. The van der Waals surface area contributed by atoms with Gasteiger partial charge in [0.15, 0.2) is 0 Å². The molecule has 4 nitrogen and oxygen atoms in total. The number of pyridine rings is 1. The monoisotopic (exact) mass is 296 g/mol. The van der Waals surface area contributed by atoms with Gasteiger partial charge in [0, 0.05) is 31.4 Å². The van der Waals surface area contributed by atoms with E-state index < -0.39 is 0 Å². The number of hydrogen-bond acceptors (Lipinski definition) is 4. The highest BCUT2D eigenvalue weighted by atomic mass is 16.5. The largest absolute Gasteiger partial charge is 0.462 e. The fraction of sp³-hybridized carbons (Fsp3) is 0.333. The summed E-state index contributed by atoms with van der Waals surface area (Å²) in [4.78, 5) is 18.2. The zero-order valence-electron chi connectivity index (χ0n) is 12.5. The molecule has 0 unspecified atom stereocenters. The molecule has 2 heterocycles. The molecule has 0 saturated carbocycles. The number of ether oxygens (including phenoxy) is 1. The molecule has 3 rings (SSSR count). The lowest BCUT2D eigenvalue weighted by atomic mass is 10.1. The highest BCUT2D eigenvalue weighted by Gasteiger charge is 2.23. The van der Waals surface area contributed by atoms with Crippen molar-refractivity contribution in [3.63, 3.8) is 0 Å². The van der Waals surface area contributed by atoms with Crippen LogP contribution in [0.25, 0.3) is 0 Å². The first-order valence-corrected chi connectivity index (χ1v) is 7.65. The van der Waals surface area contributed by atoms with Gasteiger partial charge in [0.05, 0.1) is 12.2 Å². The Kier molecular flexibility index (Phi) is 4.81. The van der Waals surface area contributed by atoms with E-state index in [0.717, 1.165) is 26.1 Å². The van der Waals surface area contributed by atoms with Crippen molar-refractivity contribution >= 4 is 5.97 Å². The summed E-state index contributed by atoms with van der Waals surface area (Å²) < 4.78 is 5.40. The maximum absolute atomic E-state index is 11.9. The Labute approximate surface area is 130 Å². The third-order valence-electron chi connectivity index (χ3n) is 3.97. The van der Waals surface area contributed by atoms with Crippen LogP contribution in [0.1, 0.15) is 22.3 Å². The highest BCUT2D eigenvalue weighted by molar-refractivity contribution is 5.88. The highest BCUT2D eigenvalue weighted by Crippen LogP contribution is 2.19. The van der Waals surface area contributed by atoms with Crippen molar-refractivity contribution in [1.29, 1.82) is 0 Å². The second-order valence-corrected chi connectivity index (χ2v) is 5.72. The number of carbonyl (C=O) groups excluding carboxylic acids is 1. The van der Waals surface area contributed by atoms with Crippen LogP contribution in [-0.2, 0) is 11.3 Å². The number of benzene rings is 1. The van der Waals surface area contributed by atoms with E-state index in [0.29, 0.717) is 18.1 Å². The Morgan fingerprint density at radius 3 is 2.86 bits per heavy atom. The Balaban J connectivity index is 1.44. The summed E-state index contributed by atoms with van der Waals surface area (Å²) >= 11 is 0. The van der Waals surface area contributed by atoms with Crippen molar-refractivity contribution in [2.45, 2.75) is 13.0 Å². The maximum atomic E-state index is 11.9. The van der Waals surface area contributed by atoms with E-state index in [9.17, 15) is 4.79 Å². The van der Waals surface area contributed by atoms with Crippen molar-refractivity contribution in [1.82, 2.24) is 9.88 Å². The van der Waals surface area contributed by atoms with E-state index in [4.69, 9.17) is 4.74 Å². The molecule has 22 heavy (non-hydrogen) atoms. The molecule has 1 aliphatic heterocycles. The molecule has 2 aromatic rings. The topological polar surface area (TPSA) is 42.4 Å². The van der Waals surface area contributed by atoms with E-state index in [-0.39, 0.29) is 5.97 Å². The summed E-state index contributed by atoms with van der Waals surface area (Å²) in [5, 5.41) is 0. The van der Waals surface area contributed by atoms with Gasteiger partial charge in [-0.25, -0.2) is 4.79 Å². The molecule has 0 N–H and O–H groups in total. The van der Waals surface area contributed by atoms with Crippen LogP contribution in [0.3, 0.4) is 0 Å². The van der Waals surface area contributed by atoms with Gasteiger partial charge in [-0.15, -0.1) is 0 Å². The molecular formula is C18H20N2O2. The van der Waals surface area contributed by atoms with Crippen LogP contribution in [0.15, 0.2) is 54.9 Å². The van der Waals surface area contributed by atoms with Gasteiger partial charge in [-0.05, 0) is 30.7 Å². The zero-order chi connectivity index (χ0) is 15.2. The summed E-state index contributed by atoms with van der Waals surface area (Å²) in [6, 6.07) is 13.9. The van der Waals surface area contributed by atoms with Gasteiger partial charge in [-0.2, -0.15) is 0 Å². The minimum Gasteiger partial charge on any atom is -0.462 e. The van der Waals surface area contributed by atoms with Gasteiger partial charge in [0.1, 0.15) is 0 Å². The second kappa shape index (κ2) is 7.18. The maximum Gasteiger partial charge on any atom is 0.339 e. The van der Waals surface area contributed by atoms with Crippen molar-refractivity contribution in [3.05, 3.63) is 66.0 Å². The van der Waals surface area contributed by atoms with Crippen LogP contribution in [0, 0.1) is 5.92 Å². The summed E-state index contributed by atoms with van der Waals surface area (Å²) in [6.07, 6.45) is 4.26. The van der Waals surface area contributed by atoms with Gasteiger partial charge >= 0.3 is 5.97 Å². The quantitative estimate of drug-likeness (QED) is 0.796. The lowest BCUT2D eigenvalue weighted by molar-refractivity contribution is 0.0442. The SMILES string of the molecule is O=C(OC[C@H]1CCN(Cc2ccccc2)C1)c1cccnc1. The number of esters is 1. The minimum atomic E-state index is -0.283. The summed E-state index contributed by atoms with van der Waals surface area (Å²) in [7, 11) is 0. The molecule has 0 radical (unpaired) electrons. The van der Waals surface area contributed by atoms with Crippen LogP contribution in [-0.4, -0.2) is 35.5 Å². The Hall–Kier alpha value is -2.20. The van der Waals surface area contributed by atoms with E-state index in [1.165, 1.54) is 5.56 Å². The van der Waals surface area contributed by atoms with Crippen LogP contribution in [0.4, 0.5) is 0 Å². The molecule has 1 saturated heterocycles. The molecule has 1 fully saturated rings. The molecule has 1 aromatic heterocycles. The predicted molar refractivity (Wildman–Crippen MR) is 84.3 cm³/mol. The second-order valence-electron chi connectivity index (χ2n) is 5.72. The van der Waals surface area contributed by atoms with Crippen LogP contribution < -0.4 is 0 Å². The fourth-order valence-electron chi connectivity index (χ4n) is 2.79. The number of aromatic nitrogens is 1. The Morgan fingerprint density at radius 2 is 2.09 bits per heavy atom. The molecule has 1 atom stereocenters. The van der Waals surface area contributed by atoms with Crippen molar-refractivity contribution < 1.29 is 9.53 Å². The normalized spacial score (nSPS) is 18.3. The third kappa shape index (κ3) is 3.92. The smallest absolute Gasteiger partial charge is 0.339 e. The van der Waals surface area contributed by atoms with E-state index >= 15 is 0 Å². The van der Waals surface area contributed by atoms with Crippen LogP contribution in [0.5, 0.6) is 0 Å². The first kappa shape index (κ1) is 14.7. The van der Waals surface area contributed by atoms with E-state index in [1.54, 1.807) is 24.5 Å². The molecule has 4 heteroatoms. The fourth-order valence-corrected chi connectivity index (χ4v) is 2.79. The Bertz CT molecular complexity index is 601. The molecule has 0 bridgehead atoms. The number of nitrogens with zero attached hydrogens (tertiary/aromatic N) is 2. The number of hydrogen-bond donors (Lipinski definition) is 0. The number of carbonyl (C=O) groups is 1. The van der Waals surface area contributed by atoms with Crippen LogP contribution in [0.2, 0.25) is 0 Å². The van der Waals surface area contributed by atoms with Crippen LogP contribution >= 0.6 is 0 Å². The average molecular weight is 296 g/mol. The van der Waals surface area contributed by atoms with Gasteiger partial charge in [-0.3, -0.25) is 9.88 Å². The standard InChI is InChI=1S/C18H20N2O2/c21-18(17-7-4-9-19-11-17)22-14-16-8-10-20(13-16)12-15-5-2-1-3-6-15/h1-7,9,11,16H,8,10,12-14H2/t16-/m0/s1. The van der Waals surface area contributed by atoms with E-state index in [2.05, 4.69) is 34.1 Å². The van der Waals surface area contributed by atoms with Gasteiger partial charge in [0.25, 0.3) is 0 Å². The van der Waals surface area contributed by atoms with Gasteiger partial charge < -0.3 is 4.74 Å². The Morgan fingerprint density at radius 1 is 1.23 bits per heavy atom. The first-order chi connectivity index (χ1) is 10.8. The van der Waals surface area contributed by atoms with Crippen molar-refractivity contribution in [3.8, 4) is 0 Å². The van der Waals surface area contributed by atoms with Crippen molar-refractivity contribution in [2.75, 3.05) is 19.7 Å². The minimum absolute atomic E-state index is 0.283. The summed E-state index contributed by atoms with van der Waals surface area (Å²) in [5.74, 6) is 0.138. The number of likely N-dealkylation sites (tertiary alicyclic amines) is 1. The molecule has 114 valence electrons. The first-order valence-electron chi connectivity index (χ1n) is 7.65. The molecule has 1 aromatic carbocycles. The van der Waals surface area contributed by atoms with Gasteiger partial charge in [0.2, 0.25) is 0 Å². The molecular weight excluding hydrogens is 276 g/mol. The lowest BCUT2D eigenvalue weighted by Crippen LogP contribution is -2.22. The van der Waals surface area contributed by atoms with E-state index in [1.807, 2.05) is 6.07 Å². The molecule has 0 amide bonds. The lowest BCUT2D eigenvalue weighted by Gasteiger charge is -2.16. The molecule has 0 spiro atoms. The molecule has 1 aliphatic rings. The van der Waals surface area contributed by atoms with Gasteiger partial charge in [-0.1, -0.05) is 30.3 Å². The van der Waals surface area contributed by atoms with Crippen molar-refractivity contribution in [2.24, 2.45) is 5.92 Å². The third-order valence-corrected chi connectivity index (χ3v) is 3.97. The zero-order valence-corrected chi connectivity index (χ0v) is 12.5.